The molecule has 1 aliphatic heterocycles. The van der Waals surface area contributed by atoms with Gasteiger partial charge >= 0.3 is 6.09 Å². The molecule has 5 heteroatoms. The lowest BCUT2D eigenvalue weighted by Crippen LogP contribution is -2.47. The van der Waals surface area contributed by atoms with Gasteiger partial charge in [-0.15, -0.1) is 0 Å². The SMILES string of the molecule is CC1CN(C(=O)OC(C)(C)C)CCC1C(F)CN. The Morgan fingerprint density at radius 1 is 1.56 bits per heavy atom. The maximum atomic E-state index is 13.6. The zero-order chi connectivity index (χ0) is 13.9. The van der Waals surface area contributed by atoms with Crippen LogP contribution in [0.5, 0.6) is 0 Å². The molecular formula is C13H25FN2O2. The molecule has 1 rings (SSSR count). The molecule has 0 radical (unpaired) electrons. The fourth-order valence-corrected chi connectivity index (χ4v) is 2.37. The zero-order valence-corrected chi connectivity index (χ0v) is 11.8. The van der Waals surface area contributed by atoms with Gasteiger partial charge < -0.3 is 15.4 Å². The van der Waals surface area contributed by atoms with E-state index in [0.717, 1.165) is 0 Å². The molecule has 0 aromatic rings. The van der Waals surface area contributed by atoms with E-state index in [1.54, 1.807) is 4.90 Å². The third-order valence-electron chi connectivity index (χ3n) is 3.31. The molecule has 2 N–H and O–H groups in total. The van der Waals surface area contributed by atoms with E-state index < -0.39 is 11.8 Å². The van der Waals surface area contributed by atoms with Crippen molar-refractivity contribution in [2.75, 3.05) is 19.6 Å². The minimum absolute atomic E-state index is 0.0475. The summed E-state index contributed by atoms with van der Waals surface area (Å²) in [5.41, 5.74) is 4.87. The molecule has 1 fully saturated rings. The molecule has 1 heterocycles. The molecule has 1 amide bonds. The Hall–Kier alpha value is -0.840. The summed E-state index contributed by atoms with van der Waals surface area (Å²) in [6, 6.07) is 0. The maximum absolute atomic E-state index is 13.6. The van der Waals surface area contributed by atoms with E-state index in [9.17, 15) is 9.18 Å². The molecular weight excluding hydrogens is 235 g/mol. The lowest BCUT2D eigenvalue weighted by atomic mass is 9.83. The van der Waals surface area contributed by atoms with Gasteiger partial charge in [0.2, 0.25) is 0 Å². The highest BCUT2D eigenvalue weighted by Crippen LogP contribution is 2.28. The molecule has 4 nitrogen and oxygen atoms in total. The van der Waals surface area contributed by atoms with Crippen LogP contribution in [0.3, 0.4) is 0 Å². The summed E-state index contributed by atoms with van der Waals surface area (Å²) in [6.07, 6.45) is -0.629. The van der Waals surface area contributed by atoms with Gasteiger partial charge in [-0.1, -0.05) is 6.92 Å². The van der Waals surface area contributed by atoms with Gasteiger partial charge in [-0.2, -0.15) is 0 Å². The minimum atomic E-state index is -0.971. The Balaban J connectivity index is 2.53. The number of halogens is 1. The molecule has 1 aliphatic rings. The quantitative estimate of drug-likeness (QED) is 0.828. The highest BCUT2D eigenvalue weighted by Gasteiger charge is 2.34. The van der Waals surface area contributed by atoms with Gasteiger partial charge in [0.05, 0.1) is 0 Å². The Kier molecular flexibility index (Phi) is 4.96. The van der Waals surface area contributed by atoms with Gasteiger partial charge in [-0.3, -0.25) is 0 Å². The van der Waals surface area contributed by atoms with Gasteiger partial charge in [-0.05, 0) is 39.0 Å². The third kappa shape index (κ3) is 4.12. The van der Waals surface area contributed by atoms with E-state index in [2.05, 4.69) is 0 Å². The van der Waals surface area contributed by atoms with Crippen molar-refractivity contribution < 1.29 is 13.9 Å². The predicted molar refractivity (Wildman–Crippen MR) is 69.0 cm³/mol. The average Bonchev–Trinajstić information content (AvgIpc) is 2.25. The second-order valence-electron chi connectivity index (χ2n) is 6.11. The second kappa shape index (κ2) is 5.87. The van der Waals surface area contributed by atoms with Crippen molar-refractivity contribution in [1.82, 2.24) is 4.90 Å². The average molecular weight is 260 g/mol. The van der Waals surface area contributed by atoms with E-state index in [1.807, 2.05) is 27.7 Å². The summed E-state index contributed by atoms with van der Waals surface area (Å²) in [5, 5.41) is 0. The predicted octanol–water partition coefficient (Wildman–Crippen LogP) is 2.18. The highest BCUT2D eigenvalue weighted by molar-refractivity contribution is 5.68. The van der Waals surface area contributed by atoms with Gasteiger partial charge in [-0.25, -0.2) is 9.18 Å². The zero-order valence-electron chi connectivity index (χ0n) is 11.8. The largest absolute Gasteiger partial charge is 0.444 e. The number of nitrogens with two attached hydrogens (primary N) is 1. The molecule has 3 unspecified atom stereocenters. The van der Waals surface area contributed by atoms with Crippen LogP contribution in [0.25, 0.3) is 0 Å². The molecule has 0 aliphatic carbocycles. The van der Waals surface area contributed by atoms with Crippen LogP contribution in [0.1, 0.15) is 34.1 Å². The first kappa shape index (κ1) is 15.2. The monoisotopic (exact) mass is 260 g/mol. The number of likely N-dealkylation sites (tertiary alicyclic amines) is 1. The van der Waals surface area contributed by atoms with Crippen molar-refractivity contribution in [2.24, 2.45) is 17.6 Å². The van der Waals surface area contributed by atoms with Crippen LogP contribution in [0, 0.1) is 11.8 Å². The number of carbonyl (C=O) groups excluding carboxylic acids is 1. The Bertz CT molecular complexity index is 291. The van der Waals surface area contributed by atoms with E-state index >= 15 is 0 Å². The van der Waals surface area contributed by atoms with Crippen LogP contribution >= 0.6 is 0 Å². The summed E-state index contributed by atoms with van der Waals surface area (Å²) in [7, 11) is 0. The first-order chi connectivity index (χ1) is 8.24. The van der Waals surface area contributed by atoms with Crippen molar-refractivity contribution >= 4 is 6.09 Å². The molecule has 3 atom stereocenters. The minimum Gasteiger partial charge on any atom is -0.444 e. The standard InChI is InChI=1S/C13H25FN2O2/c1-9-8-16(12(17)18-13(2,3)4)6-5-10(9)11(14)7-15/h9-11H,5-8,15H2,1-4H3. The summed E-state index contributed by atoms with van der Waals surface area (Å²) in [5.74, 6) is 0.0681. The normalized spacial score (nSPS) is 26.9. The molecule has 0 saturated carbocycles. The number of rotatable bonds is 2. The van der Waals surface area contributed by atoms with Gasteiger partial charge in [0.1, 0.15) is 11.8 Å². The number of piperidine rings is 1. The van der Waals surface area contributed by atoms with Gasteiger partial charge in [0, 0.05) is 19.6 Å². The number of hydrogen-bond acceptors (Lipinski definition) is 3. The van der Waals surface area contributed by atoms with Crippen LogP contribution in [0.4, 0.5) is 9.18 Å². The van der Waals surface area contributed by atoms with Crippen LogP contribution in [-0.2, 0) is 4.74 Å². The van der Waals surface area contributed by atoms with E-state index in [0.29, 0.717) is 19.5 Å². The number of alkyl halides is 1. The molecule has 1 saturated heterocycles. The number of nitrogens with zero attached hydrogens (tertiary/aromatic N) is 1. The molecule has 0 aromatic carbocycles. The third-order valence-corrected chi connectivity index (χ3v) is 3.31. The van der Waals surface area contributed by atoms with Crippen LogP contribution in [0.2, 0.25) is 0 Å². The lowest BCUT2D eigenvalue weighted by Gasteiger charge is -2.38. The van der Waals surface area contributed by atoms with Gasteiger partial charge in [0.15, 0.2) is 0 Å². The van der Waals surface area contributed by atoms with E-state index in [1.165, 1.54) is 0 Å². The summed E-state index contributed by atoms with van der Waals surface area (Å²) >= 11 is 0. The number of ether oxygens (including phenoxy) is 1. The van der Waals surface area contributed by atoms with Crippen molar-refractivity contribution in [3.63, 3.8) is 0 Å². The summed E-state index contributed by atoms with van der Waals surface area (Å²) in [4.78, 5) is 13.6. The van der Waals surface area contributed by atoms with Crippen LogP contribution in [-0.4, -0.2) is 42.4 Å². The van der Waals surface area contributed by atoms with Crippen molar-refractivity contribution in [2.45, 2.75) is 45.9 Å². The molecule has 0 spiro atoms. The summed E-state index contributed by atoms with van der Waals surface area (Å²) in [6.45, 7) is 8.63. The number of amides is 1. The van der Waals surface area contributed by atoms with Crippen LogP contribution in [0.15, 0.2) is 0 Å². The first-order valence-electron chi connectivity index (χ1n) is 6.56. The number of hydrogen-bond donors (Lipinski definition) is 1. The molecule has 106 valence electrons. The van der Waals surface area contributed by atoms with Crippen molar-refractivity contribution in [1.29, 1.82) is 0 Å². The highest BCUT2D eigenvalue weighted by atomic mass is 19.1. The topological polar surface area (TPSA) is 55.6 Å². The van der Waals surface area contributed by atoms with Crippen molar-refractivity contribution in [3.8, 4) is 0 Å². The molecule has 0 aromatic heterocycles. The second-order valence-corrected chi connectivity index (χ2v) is 6.11. The lowest BCUT2D eigenvalue weighted by molar-refractivity contribution is 0.00476. The molecule has 18 heavy (non-hydrogen) atoms. The molecule has 0 bridgehead atoms. The Morgan fingerprint density at radius 3 is 2.61 bits per heavy atom. The maximum Gasteiger partial charge on any atom is 0.410 e. The smallest absolute Gasteiger partial charge is 0.410 e. The van der Waals surface area contributed by atoms with E-state index in [-0.39, 0.29) is 24.5 Å². The Labute approximate surface area is 109 Å². The fourth-order valence-electron chi connectivity index (χ4n) is 2.37. The summed E-state index contributed by atoms with van der Waals surface area (Å²) < 4.78 is 18.9. The van der Waals surface area contributed by atoms with Crippen molar-refractivity contribution in [3.05, 3.63) is 0 Å². The van der Waals surface area contributed by atoms with Crippen LogP contribution < -0.4 is 5.73 Å². The van der Waals surface area contributed by atoms with E-state index in [4.69, 9.17) is 10.5 Å². The first-order valence-corrected chi connectivity index (χ1v) is 6.56. The fraction of sp³-hybridized carbons (Fsp3) is 0.923. The van der Waals surface area contributed by atoms with Gasteiger partial charge in [0.25, 0.3) is 0 Å². The number of carbonyl (C=O) groups is 1. The Morgan fingerprint density at radius 2 is 2.17 bits per heavy atom.